The molecule has 0 aliphatic heterocycles. The normalized spacial score (nSPS) is 14.4. The summed E-state index contributed by atoms with van der Waals surface area (Å²) < 4.78 is 1.99. The Kier molecular flexibility index (Phi) is 5.15. The molecule has 0 amide bonds. The average Bonchev–Trinajstić information content (AvgIpc) is 3.40. The Balaban J connectivity index is 1.70. The van der Waals surface area contributed by atoms with E-state index in [2.05, 4.69) is 18.0 Å². The van der Waals surface area contributed by atoms with Crippen LogP contribution in [0.15, 0.2) is 24.3 Å². The Morgan fingerprint density at radius 2 is 1.96 bits per heavy atom. The number of hydrogen-bond acceptors (Lipinski definition) is 3. The molecule has 2 heterocycles. The molecule has 142 valence electrons. The van der Waals surface area contributed by atoms with E-state index >= 15 is 0 Å². The van der Waals surface area contributed by atoms with Crippen molar-refractivity contribution in [2.45, 2.75) is 45.6 Å². The zero-order valence-electron chi connectivity index (χ0n) is 16.0. The molecular formula is C21H24Cl2N4. The topological polar surface area (TPSA) is 33.4 Å². The van der Waals surface area contributed by atoms with Gasteiger partial charge < -0.3 is 4.90 Å². The Labute approximate surface area is 170 Å². The summed E-state index contributed by atoms with van der Waals surface area (Å²) in [6.07, 6.45) is 4.78. The molecule has 1 saturated carbocycles. The fourth-order valence-electron chi connectivity index (χ4n) is 3.71. The quantitative estimate of drug-likeness (QED) is 0.557. The van der Waals surface area contributed by atoms with Crippen LogP contribution in [0.3, 0.4) is 0 Å². The summed E-state index contributed by atoms with van der Waals surface area (Å²) in [6.45, 7) is 5.16. The second-order valence-corrected chi connectivity index (χ2v) is 8.37. The van der Waals surface area contributed by atoms with Crippen molar-refractivity contribution in [3.05, 3.63) is 51.4 Å². The largest absolute Gasteiger partial charge is 0.303 e. The van der Waals surface area contributed by atoms with Crippen LogP contribution in [0.4, 0.5) is 0 Å². The lowest BCUT2D eigenvalue weighted by Gasteiger charge is -2.15. The maximum atomic E-state index is 6.47. The van der Waals surface area contributed by atoms with Gasteiger partial charge in [-0.25, -0.2) is 9.50 Å². The highest BCUT2D eigenvalue weighted by atomic mass is 35.5. The van der Waals surface area contributed by atoms with E-state index in [1.165, 1.54) is 18.5 Å². The summed E-state index contributed by atoms with van der Waals surface area (Å²) in [5.74, 6) is 0. The molecule has 4 nitrogen and oxygen atoms in total. The van der Waals surface area contributed by atoms with Crippen molar-refractivity contribution in [3.8, 4) is 11.1 Å². The van der Waals surface area contributed by atoms with E-state index in [-0.39, 0.29) is 0 Å². The Hall–Kier alpha value is -1.62. The highest BCUT2D eigenvalue weighted by Gasteiger charge is 2.25. The van der Waals surface area contributed by atoms with E-state index < -0.39 is 0 Å². The van der Waals surface area contributed by atoms with Gasteiger partial charge in [-0.15, -0.1) is 0 Å². The predicted octanol–water partition coefficient (Wildman–Crippen LogP) is 5.35. The van der Waals surface area contributed by atoms with Crippen molar-refractivity contribution in [2.24, 2.45) is 0 Å². The van der Waals surface area contributed by atoms with Gasteiger partial charge in [0, 0.05) is 28.0 Å². The maximum absolute atomic E-state index is 6.47. The first-order valence-electron chi connectivity index (χ1n) is 9.45. The minimum Gasteiger partial charge on any atom is -0.303 e. The minimum atomic E-state index is 0.622. The second kappa shape index (κ2) is 7.42. The van der Waals surface area contributed by atoms with Crippen LogP contribution in [0, 0.1) is 13.8 Å². The minimum absolute atomic E-state index is 0.622. The Morgan fingerprint density at radius 1 is 1.19 bits per heavy atom. The number of aryl methyl sites for hydroxylation is 3. The molecule has 27 heavy (non-hydrogen) atoms. The summed E-state index contributed by atoms with van der Waals surface area (Å²) in [5, 5.41) is 6.04. The average molecular weight is 403 g/mol. The summed E-state index contributed by atoms with van der Waals surface area (Å²) in [7, 11) is 2.23. The van der Waals surface area contributed by atoms with Crippen LogP contribution >= 0.6 is 23.2 Å². The molecule has 0 bridgehead atoms. The van der Waals surface area contributed by atoms with E-state index in [0.717, 1.165) is 53.6 Å². The zero-order valence-corrected chi connectivity index (χ0v) is 17.5. The molecule has 3 aromatic rings. The number of hydrogen-bond donors (Lipinski definition) is 0. The molecule has 0 atom stereocenters. The van der Waals surface area contributed by atoms with Crippen molar-refractivity contribution in [1.29, 1.82) is 0 Å². The number of aromatic nitrogens is 3. The molecule has 1 aliphatic rings. The Bertz CT molecular complexity index is 992. The molecule has 1 aliphatic carbocycles. The molecule has 0 unspecified atom stereocenters. The van der Waals surface area contributed by atoms with Gasteiger partial charge in [0.1, 0.15) is 0 Å². The highest BCUT2D eigenvalue weighted by molar-refractivity contribution is 6.36. The number of fused-ring (bicyclic) bond motifs is 1. The first-order chi connectivity index (χ1) is 12.9. The molecule has 2 aromatic heterocycles. The van der Waals surface area contributed by atoms with Crippen LogP contribution in [-0.4, -0.2) is 39.1 Å². The van der Waals surface area contributed by atoms with Crippen molar-refractivity contribution in [3.63, 3.8) is 0 Å². The second-order valence-electron chi connectivity index (χ2n) is 7.52. The molecule has 1 fully saturated rings. The van der Waals surface area contributed by atoms with Crippen LogP contribution < -0.4 is 0 Å². The van der Waals surface area contributed by atoms with Gasteiger partial charge in [0.2, 0.25) is 0 Å². The lowest BCUT2D eigenvalue weighted by molar-refractivity contribution is 0.319. The summed E-state index contributed by atoms with van der Waals surface area (Å²) in [4.78, 5) is 7.25. The molecule has 0 radical (unpaired) electrons. The number of nitrogens with zero attached hydrogens (tertiary/aromatic N) is 4. The molecule has 0 spiro atoms. The third kappa shape index (κ3) is 3.84. The third-order valence-corrected chi connectivity index (χ3v) is 5.83. The smallest absolute Gasteiger partial charge is 0.163 e. The van der Waals surface area contributed by atoms with Gasteiger partial charge in [-0.1, -0.05) is 29.3 Å². The summed E-state index contributed by atoms with van der Waals surface area (Å²) in [5.41, 5.74) is 5.89. The lowest BCUT2D eigenvalue weighted by atomic mass is 10.1. The number of rotatable bonds is 6. The molecule has 0 saturated heterocycles. The van der Waals surface area contributed by atoms with Gasteiger partial charge in [-0.3, -0.25) is 0 Å². The number of halogens is 2. The number of benzene rings is 1. The Morgan fingerprint density at radius 3 is 2.67 bits per heavy atom. The van der Waals surface area contributed by atoms with Gasteiger partial charge in [0.15, 0.2) is 5.65 Å². The van der Waals surface area contributed by atoms with Gasteiger partial charge in [0.05, 0.1) is 16.3 Å². The fourth-order valence-corrected chi connectivity index (χ4v) is 4.22. The zero-order chi connectivity index (χ0) is 19.1. The van der Waals surface area contributed by atoms with Crippen LogP contribution in [0.5, 0.6) is 0 Å². The van der Waals surface area contributed by atoms with Crippen molar-refractivity contribution in [1.82, 2.24) is 19.5 Å². The lowest BCUT2D eigenvalue weighted by Crippen LogP contribution is -2.22. The SMILES string of the molecule is Cc1cc(CCCN(C)C2CC2)n2nc(C)c(-c3ccc(Cl)cc3Cl)c2n1. The summed E-state index contributed by atoms with van der Waals surface area (Å²) in [6, 6.07) is 8.52. The van der Waals surface area contributed by atoms with Crippen LogP contribution in [-0.2, 0) is 6.42 Å². The van der Waals surface area contributed by atoms with E-state index in [1.54, 1.807) is 6.07 Å². The van der Waals surface area contributed by atoms with Gasteiger partial charge >= 0.3 is 0 Å². The molecule has 1 aromatic carbocycles. The van der Waals surface area contributed by atoms with Crippen LogP contribution in [0.2, 0.25) is 10.0 Å². The van der Waals surface area contributed by atoms with Crippen molar-refractivity contribution in [2.75, 3.05) is 13.6 Å². The van der Waals surface area contributed by atoms with Crippen molar-refractivity contribution < 1.29 is 0 Å². The van der Waals surface area contributed by atoms with E-state index in [4.69, 9.17) is 33.3 Å². The van der Waals surface area contributed by atoms with Crippen LogP contribution in [0.1, 0.15) is 36.3 Å². The molecule has 6 heteroatoms. The highest BCUT2D eigenvalue weighted by Crippen LogP contribution is 2.35. The van der Waals surface area contributed by atoms with Gasteiger partial charge in [0.25, 0.3) is 0 Å². The third-order valence-electron chi connectivity index (χ3n) is 5.28. The molecular weight excluding hydrogens is 379 g/mol. The van der Waals surface area contributed by atoms with Crippen molar-refractivity contribution >= 4 is 28.8 Å². The molecule has 4 rings (SSSR count). The van der Waals surface area contributed by atoms with Gasteiger partial charge in [-0.2, -0.15) is 5.10 Å². The van der Waals surface area contributed by atoms with E-state index in [0.29, 0.717) is 10.0 Å². The van der Waals surface area contributed by atoms with E-state index in [1.807, 2.05) is 30.5 Å². The molecule has 0 N–H and O–H groups in total. The summed E-state index contributed by atoms with van der Waals surface area (Å²) >= 11 is 12.5. The first-order valence-corrected chi connectivity index (χ1v) is 10.2. The monoisotopic (exact) mass is 402 g/mol. The van der Waals surface area contributed by atoms with Crippen LogP contribution in [0.25, 0.3) is 16.8 Å². The predicted molar refractivity (Wildman–Crippen MR) is 112 cm³/mol. The standard InChI is InChI=1S/C21H24Cl2N4/c1-13-11-17(5-4-10-26(3)16-7-8-16)27-21(24-13)20(14(2)25-27)18-9-6-15(22)12-19(18)23/h6,9,11-12,16H,4-5,7-8,10H2,1-3H3. The fraction of sp³-hybridized carbons (Fsp3) is 0.429. The first kappa shape index (κ1) is 18.7. The maximum Gasteiger partial charge on any atom is 0.163 e. The van der Waals surface area contributed by atoms with E-state index in [9.17, 15) is 0 Å². The van der Waals surface area contributed by atoms with Gasteiger partial charge in [-0.05, 0) is 71.3 Å².